The third-order valence-electron chi connectivity index (χ3n) is 1.26. The summed E-state index contributed by atoms with van der Waals surface area (Å²) in [5, 5.41) is 3.58. The number of aromatic nitrogens is 1. The molecule has 0 unspecified atom stereocenters. The fourth-order valence-corrected chi connectivity index (χ4v) is 1.10. The number of ether oxygens (including phenoxy) is 1. The van der Waals surface area contributed by atoms with Crippen molar-refractivity contribution in [1.82, 2.24) is 5.16 Å². The number of hydrogen-bond acceptors (Lipinski definition) is 4. The molecule has 0 saturated carbocycles. The van der Waals surface area contributed by atoms with E-state index in [-0.39, 0.29) is 5.69 Å². The van der Waals surface area contributed by atoms with Crippen LogP contribution in [0.15, 0.2) is 4.52 Å². The van der Waals surface area contributed by atoms with Crippen LogP contribution in [0.2, 0.25) is 0 Å². The van der Waals surface area contributed by atoms with E-state index in [0.29, 0.717) is 15.9 Å². The van der Waals surface area contributed by atoms with Gasteiger partial charge in [-0.15, -0.1) is 0 Å². The number of carbonyl (C=O) groups is 1. The largest absolute Gasteiger partial charge is 0.461 e. The molecule has 1 aromatic rings. The molecule has 0 bridgehead atoms. The van der Waals surface area contributed by atoms with Crippen LogP contribution in [-0.4, -0.2) is 17.7 Å². The number of aryl methyl sites for hydroxylation is 1. The number of nitrogens with zero attached hydrogens (tertiary/aromatic N) is 1. The number of halogens is 1. The van der Waals surface area contributed by atoms with E-state index in [1.165, 1.54) is 0 Å². The maximum atomic E-state index is 11.1. The third-order valence-corrected chi connectivity index (χ3v) is 2.53. The van der Waals surface area contributed by atoms with Crippen LogP contribution in [-0.2, 0) is 4.74 Å². The second-order valence-corrected chi connectivity index (χ2v) is 3.20. The Balaban J connectivity index is 2.88. The lowest BCUT2D eigenvalue weighted by atomic mass is 10.4. The summed E-state index contributed by atoms with van der Waals surface area (Å²) in [7, 11) is 0. The zero-order valence-corrected chi connectivity index (χ0v) is 8.91. The molecule has 12 heavy (non-hydrogen) atoms. The Labute approximate surface area is 83.4 Å². The summed E-state index contributed by atoms with van der Waals surface area (Å²) < 4.78 is 10.3. The Morgan fingerprint density at radius 3 is 2.83 bits per heavy atom. The first-order chi connectivity index (χ1) is 5.66. The summed E-state index contributed by atoms with van der Waals surface area (Å²) in [5.74, 6) is 0.206. The first kappa shape index (κ1) is 9.50. The summed E-state index contributed by atoms with van der Waals surface area (Å²) in [5.41, 5.74) is 0.259. The second kappa shape index (κ2) is 3.88. The molecule has 0 amide bonds. The zero-order valence-electron chi connectivity index (χ0n) is 6.76. The van der Waals surface area contributed by atoms with E-state index in [4.69, 9.17) is 9.26 Å². The Bertz CT molecular complexity index is 295. The summed E-state index contributed by atoms with van der Waals surface area (Å²) >= 11 is 2.00. The minimum absolute atomic E-state index is 0.259. The molecule has 0 aliphatic carbocycles. The van der Waals surface area contributed by atoms with Gasteiger partial charge in [0.15, 0.2) is 0 Å². The quantitative estimate of drug-likeness (QED) is 0.612. The van der Waals surface area contributed by atoms with Crippen molar-refractivity contribution in [3.63, 3.8) is 0 Å². The van der Waals surface area contributed by atoms with Crippen molar-refractivity contribution in [2.24, 2.45) is 0 Å². The number of rotatable bonds is 2. The topological polar surface area (TPSA) is 52.3 Å². The van der Waals surface area contributed by atoms with Gasteiger partial charge in [0.1, 0.15) is 5.76 Å². The van der Waals surface area contributed by atoms with Crippen molar-refractivity contribution in [2.75, 3.05) is 6.61 Å². The minimum atomic E-state index is -0.432. The van der Waals surface area contributed by atoms with Crippen LogP contribution in [0.3, 0.4) is 0 Å². The molecular formula is C7H8INO3. The summed E-state index contributed by atoms with van der Waals surface area (Å²) in [6.07, 6.45) is 0. The van der Waals surface area contributed by atoms with E-state index < -0.39 is 5.97 Å². The average Bonchev–Trinajstić information content (AvgIpc) is 2.34. The fraction of sp³-hybridized carbons (Fsp3) is 0.429. The van der Waals surface area contributed by atoms with Crippen molar-refractivity contribution in [1.29, 1.82) is 0 Å². The molecular weight excluding hydrogens is 273 g/mol. The van der Waals surface area contributed by atoms with E-state index in [9.17, 15) is 4.79 Å². The normalized spacial score (nSPS) is 9.92. The maximum Gasteiger partial charge on any atom is 0.361 e. The highest BCUT2D eigenvalue weighted by Crippen LogP contribution is 2.16. The fourth-order valence-electron chi connectivity index (χ4n) is 0.687. The van der Waals surface area contributed by atoms with E-state index in [1.54, 1.807) is 13.8 Å². The molecule has 0 aliphatic heterocycles. The molecule has 0 fully saturated rings. The molecule has 4 nitrogen and oxygen atoms in total. The van der Waals surface area contributed by atoms with E-state index in [2.05, 4.69) is 5.16 Å². The molecule has 0 radical (unpaired) electrons. The lowest BCUT2D eigenvalue weighted by Gasteiger charge is -1.95. The van der Waals surface area contributed by atoms with Crippen LogP contribution in [0.25, 0.3) is 0 Å². The van der Waals surface area contributed by atoms with Crippen molar-refractivity contribution in [2.45, 2.75) is 13.8 Å². The second-order valence-electron chi connectivity index (χ2n) is 2.12. The van der Waals surface area contributed by atoms with Gasteiger partial charge in [0.25, 0.3) is 0 Å². The molecule has 5 heteroatoms. The van der Waals surface area contributed by atoms with Crippen LogP contribution in [0.1, 0.15) is 23.2 Å². The van der Waals surface area contributed by atoms with Gasteiger partial charge in [-0.25, -0.2) is 4.79 Å². The first-order valence-electron chi connectivity index (χ1n) is 3.45. The molecule has 0 aliphatic rings. The number of carbonyl (C=O) groups excluding carboxylic acids is 1. The van der Waals surface area contributed by atoms with Crippen LogP contribution in [0.5, 0.6) is 0 Å². The SMILES string of the molecule is CCOC(=O)c1noc(C)c1I. The van der Waals surface area contributed by atoms with Gasteiger partial charge < -0.3 is 9.26 Å². The van der Waals surface area contributed by atoms with Crippen LogP contribution < -0.4 is 0 Å². The lowest BCUT2D eigenvalue weighted by Crippen LogP contribution is -2.06. The van der Waals surface area contributed by atoms with Gasteiger partial charge in [-0.05, 0) is 36.4 Å². The predicted octanol–water partition coefficient (Wildman–Crippen LogP) is 1.76. The maximum absolute atomic E-state index is 11.1. The first-order valence-corrected chi connectivity index (χ1v) is 4.53. The zero-order chi connectivity index (χ0) is 9.14. The van der Waals surface area contributed by atoms with Crippen molar-refractivity contribution < 1.29 is 14.1 Å². The Morgan fingerprint density at radius 1 is 1.75 bits per heavy atom. The minimum Gasteiger partial charge on any atom is -0.461 e. The summed E-state index contributed by atoms with van der Waals surface area (Å²) in [6.45, 7) is 3.84. The highest BCUT2D eigenvalue weighted by molar-refractivity contribution is 14.1. The van der Waals surface area contributed by atoms with Crippen LogP contribution in [0.4, 0.5) is 0 Å². The molecule has 66 valence electrons. The summed E-state index contributed by atoms with van der Waals surface area (Å²) in [6, 6.07) is 0. The summed E-state index contributed by atoms with van der Waals surface area (Å²) in [4.78, 5) is 11.1. The van der Waals surface area contributed by atoms with Crippen LogP contribution >= 0.6 is 22.6 Å². The van der Waals surface area contributed by atoms with Gasteiger partial charge in [0.05, 0.1) is 10.2 Å². The molecule has 0 aromatic carbocycles. The standard InChI is InChI=1S/C7H8INO3/c1-3-11-7(10)6-5(8)4(2)12-9-6/h3H2,1-2H3. The van der Waals surface area contributed by atoms with Gasteiger partial charge in [-0.1, -0.05) is 5.16 Å². The van der Waals surface area contributed by atoms with Gasteiger partial charge >= 0.3 is 5.97 Å². The lowest BCUT2D eigenvalue weighted by molar-refractivity contribution is 0.0513. The molecule has 0 saturated heterocycles. The molecule has 0 spiro atoms. The van der Waals surface area contributed by atoms with Gasteiger partial charge in [0.2, 0.25) is 5.69 Å². The highest BCUT2D eigenvalue weighted by Gasteiger charge is 2.18. The van der Waals surface area contributed by atoms with Gasteiger partial charge in [-0.3, -0.25) is 0 Å². The number of esters is 1. The molecule has 1 heterocycles. The van der Waals surface area contributed by atoms with Crippen LogP contribution in [0, 0.1) is 10.5 Å². The van der Waals surface area contributed by atoms with E-state index in [0.717, 1.165) is 0 Å². The molecule has 1 rings (SSSR count). The van der Waals surface area contributed by atoms with Gasteiger partial charge in [-0.2, -0.15) is 0 Å². The molecule has 0 N–H and O–H groups in total. The Kier molecular flexibility index (Phi) is 3.07. The highest BCUT2D eigenvalue weighted by atomic mass is 127. The molecule has 0 atom stereocenters. The van der Waals surface area contributed by atoms with Gasteiger partial charge in [0, 0.05) is 0 Å². The van der Waals surface area contributed by atoms with E-state index >= 15 is 0 Å². The van der Waals surface area contributed by atoms with E-state index in [1.807, 2.05) is 22.6 Å². The number of hydrogen-bond donors (Lipinski definition) is 0. The Hall–Kier alpha value is -0.590. The van der Waals surface area contributed by atoms with Crippen molar-refractivity contribution in [3.8, 4) is 0 Å². The monoisotopic (exact) mass is 281 g/mol. The van der Waals surface area contributed by atoms with Crippen molar-refractivity contribution in [3.05, 3.63) is 15.0 Å². The smallest absolute Gasteiger partial charge is 0.361 e. The predicted molar refractivity (Wildman–Crippen MR) is 49.9 cm³/mol. The average molecular weight is 281 g/mol. The molecule has 1 aromatic heterocycles. The van der Waals surface area contributed by atoms with Crippen molar-refractivity contribution >= 4 is 28.6 Å². The Morgan fingerprint density at radius 2 is 2.42 bits per heavy atom. The third kappa shape index (κ3) is 1.77.